The fourth-order valence-electron chi connectivity index (χ4n) is 5.49. The summed E-state index contributed by atoms with van der Waals surface area (Å²) in [6.07, 6.45) is 10.5. The highest BCUT2D eigenvalue weighted by molar-refractivity contribution is 5.71. The summed E-state index contributed by atoms with van der Waals surface area (Å²) < 4.78 is 6.14. The van der Waals surface area contributed by atoms with E-state index in [1.807, 2.05) is 0 Å². The van der Waals surface area contributed by atoms with Crippen LogP contribution in [0, 0.1) is 5.92 Å². The van der Waals surface area contributed by atoms with E-state index in [9.17, 15) is 9.90 Å². The molecule has 4 rings (SSSR count). The van der Waals surface area contributed by atoms with Crippen molar-refractivity contribution in [2.45, 2.75) is 81.5 Å². The zero-order valence-corrected chi connectivity index (χ0v) is 12.1. The molecule has 4 atom stereocenters. The van der Waals surface area contributed by atoms with Crippen LogP contribution in [-0.2, 0) is 9.53 Å². The number of fused-ring (bicyclic) bond motifs is 2. The Bertz CT molecular complexity index is 405. The Kier molecular flexibility index (Phi) is 3.08. The Labute approximate surface area is 120 Å². The fraction of sp³-hybridized carbons (Fsp3) is 0.938. The first-order valence-corrected chi connectivity index (χ1v) is 8.33. The molecule has 3 aliphatic heterocycles. The molecule has 3 heterocycles. The molecular formula is C16H25NO3. The highest BCUT2D eigenvalue weighted by Gasteiger charge is 2.53. The highest BCUT2D eigenvalue weighted by atomic mass is 16.5. The molecule has 1 saturated carbocycles. The summed E-state index contributed by atoms with van der Waals surface area (Å²) in [4.78, 5) is 14.0. The Morgan fingerprint density at radius 3 is 2.65 bits per heavy atom. The van der Waals surface area contributed by atoms with Gasteiger partial charge in [0, 0.05) is 24.7 Å². The van der Waals surface area contributed by atoms with E-state index >= 15 is 0 Å². The third-order valence-electron chi connectivity index (χ3n) is 6.31. The summed E-state index contributed by atoms with van der Waals surface area (Å²) in [6, 6.07) is 1.41. The molecule has 1 aliphatic carbocycles. The lowest BCUT2D eigenvalue weighted by Gasteiger charge is -2.43. The van der Waals surface area contributed by atoms with E-state index < -0.39 is 5.97 Å². The molecule has 4 nitrogen and oxygen atoms in total. The average molecular weight is 279 g/mol. The zero-order valence-electron chi connectivity index (χ0n) is 12.1. The lowest BCUT2D eigenvalue weighted by Crippen LogP contribution is -2.50. The van der Waals surface area contributed by atoms with E-state index in [4.69, 9.17) is 4.74 Å². The van der Waals surface area contributed by atoms with Crippen molar-refractivity contribution in [1.82, 2.24) is 4.90 Å². The predicted molar refractivity (Wildman–Crippen MR) is 74.6 cm³/mol. The molecular weight excluding hydrogens is 254 g/mol. The molecule has 0 amide bonds. The van der Waals surface area contributed by atoms with E-state index in [0.717, 1.165) is 32.3 Å². The van der Waals surface area contributed by atoms with Crippen LogP contribution in [-0.4, -0.2) is 46.3 Å². The van der Waals surface area contributed by atoms with Crippen molar-refractivity contribution in [3.8, 4) is 0 Å². The summed E-state index contributed by atoms with van der Waals surface area (Å²) in [7, 11) is 0. The number of rotatable bonds is 2. The second-order valence-corrected chi connectivity index (χ2v) is 7.31. The zero-order chi connectivity index (χ0) is 13.7. The van der Waals surface area contributed by atoms with E-state index in [1.165, 1.54) is 32.1 Å². The van der Waals surface area contributed by atoms with Crippen molar-refractivity contribution in [2.75, 3.05) is 6.61 Å². The summed E-state index contributed by atoms with van der Waals surface area (Å²) in [6.45, 7) is 0.873. The molecule has 3 saturated heterocycles. The second kappa shape index (κ2) is 4.70. The van der Waals surface area contributed by atoms with Crippen molar-refractivity contribution in [1.29, 1.82) is 0 Å². The third kappa shape index (κ3) is 1.92. The molecule has 112 valence electrons. The van der Waals surface area contributed by atoms with E-state index in [2.05, 4.69) is 4.90 Å². The van der Waals surface area contributed by atoms with Gasteiger partial charge in [-0.1, -0.05) is 12.8 Å². The van der Waals surface area contributed by atoms with Crippen molar-refractivity contribution >= 4 is 5.97 Å². The lowest BCUT2D eigenvalue weighted by atomic mass is 9.87. The minimum absolute atomic E-state index is 0.115. The van der Waals surface area contributed by atoms with Gasteiger partial charge in [0.25, 0.3) is 0 Å². The molecule has 1 spiro atoms. The van der Waals surface area contributed by atoms with Crippen LogP contribution in [0.2, 0.25) is 0 Å². The summed E-state index contributed by atoms with van der Waals surface area (Å²) in [5, 5.41) is 9.41. The molecule has 4 aliphatic rings. The van der Waals surface area contributed by atoms with Crippen LogP contribution in [0.15, 0.2) is 0 Å². The molecule has 4 heteroatoms. The van der Waals surface area contributed by atoms with Gasteiger partial charge >= 0.3 is 5.97 Å². The first kappa shape index (κ1) is 13.1. The molecule has 20 heavy (non-hydrogen) atoms. The van der Waals surface area contributed by atoms with E-state index in [1.54, 1.807) is 0 Å². The standard InChI is InChI=1S/C16H25NO3/c18-15(19)13-9-11-3-4-14(13)17(11)12-5-8-20-16(10-12)6-1-2-7-16/h11-14H,1-10H2,(H,18,19). The van der Waals surface area contributed by atoms with Crippen LogP contribution in [0.4, 0.5) is 0 Å². The average Bonchev–Trinajstić information content (AvgIpc) is 3.13. The minimum atomic E-state index is -0.579. The molecule has 0 radical (unpaired) electrons. The van der Waals surface area contributed by atoms with Crippen molar-refractivity contribution in [3.63, 3.8) is 0 Å². The number of carboxylic acid groups (broad SMARTS) is 1. The van der Waals surface area contributed by atoms with Gasteiger partial charge in [0.2, 0.25) is 0 Å². The predicted octanol–water partition coefficient (Wildman–Crippen LogP) is 2.42. The normalized spacial score (nSPS) is 43.4. The van der Waals surface area contributed by atoms with Gasteiger partial charge in [0.15, 0.2) is 0 Å². The number of aliphatic carboxylic acids is 1. The molecule has 0 aromatic rings. The first-order chi connectivity index (χ1) is 9.69. The number of hydrogen-bond donors (Lipinski definition) is 1. The molecule has 1 N–H and O–H groups in total. The van der Waals surface area contributed by atoms with Gasteiger partial charge < -0.3 is 9.84 Å². The third-order valence-corrected chi connectivity index (χ3v) is 6.31. The maximum absolute atomic E-state index is 11.4. The topological polar surface area (TPSA) is 49.8 Å². The Morgan fingerprint density at radius 1 is 1.15 bits per heavy atom. The number of ether oxygens (including phenoxy) is 1. The molecule has 2 bridgehead atoms. The lowest BCUT2D eigenvalue weighted by molar-refractivity contribution is -0.143. The molecule has 0 aromatic heterocycles. The molecule has 4 fully saturated rings. The Hall–Kier alpha value is -0.610. The number of hydrogen-bond acceptors (Lipinski definition) is 3. The van der Waals surface area contributed by atoms with Gasteiger partial charge in [-0.05, 0) is 44.9 Å². The smallest absolute Gasteiger partial charge is 0.308 e. The molecule has 0 aromatic carbocycles. The van der Waals surface area contributed by atoms with Crippen LogP contribution in [0.1, 0.15) is 57.8 Å². The highest BCUT2D eigenvalue weighted by Crippen LogP contribution is 2.48. The van der Waals surface area contributed by atoms with Crippen LogP contribution in [0.5, 0.6) is 0 Å². The largest absolute Gasteiger partial charge is 0.481 e. The van der Waals surface area contributed by atoms with Crippen molar-refractivity contribution < 1.29 is 14.6 Å². The van der Waals surface area contributed by atoms with Gasteiger partial charge in [-0.15, -0.1) is 0 Å². The Balaban J connectivity index is 1.51. The number of carboxylic acids is 1. The Morgan fingerprint density at radius 2 is 1.95 bits per heavy atom. The summed E-state index contributed by atoms with van der Waals surface area (Å²) in [5.41, 5.74) is 0.143. The van der Waals surface area contributed by atoms with Crippen molar-refractivity contribution in [3.05, 3.63) is 0 Å². The monoisotopic (exact) mass is 279 g/mol. The minimum Gasteiger partial charge on any atom is -0.481 e. The van der Waals surface area contributed by atoms with Gasteiger partial charge in [0.1, 0.15) is 0 Å². The van der Waals surface area contributed by atoms with Crippen LogP contribution >= 0.6 is 0 Å². The fourth-order valence-corrected chi connectivity index (χ4v) is 5.49. The van der Waals surface area contributed by atoms with Crippen molar-refractivity contribution in [2.24, 2.45) is 5.92 Å². The summed E-state index contributed by atoms with van der Waals surface area (Å²) >= 11 is 0. The van der Waals surface area contributed by atoms with Gasteiger partial charge in [-0.25, -0.2) is 0 Å². The van der Waals surface area contributed by atoms with Crippen LogP contribution in [0.3, 0.4) is 0 Å². The molecule has 4 unspecified atom stereocenters. The van der Waals surface area contributed by atoms with Gasteiger partial charge in [-0.3, -0.25) is 9.69 Å². The van der Waals surface area contributed by atoms with E-state index in [-0.39, 0.29) is 11.5 Å². The van der Waals surface area contributed by atoms with Crippen LogP contribution < -0.4 is 0 Å². The van der Waals surface area contributed by atoms with E-state index in [0.29, 0.717) is 18.1 Å². The first-order valence-electron chi connectivity index (χ1n) is 8.33. The maximum atomic E-state index is 11.4. The van der Waals surface area contributed by atoms with Gasteiger partial charge in [-0.2, -0.15) is 0 Å². The summed E-state index contributed by atoms with van der Waals surface area (Å²) in [5.74, 6) is -0.694. The number of carbonyl (C=O) groups is 1. The van der Waals surface area contributed by atoms with Crippen LogP contribution in [0.25, 0.3) is 0 Å². The SMILES string of the molecule is O=C(O)C1CC2CCC1N2C1CCOC2(CCCC2)C1. The second-order valence-electron chi connectivity index (χ2n) is 7.31. The maximum Gasteiger partial charge on any atom is 0.308 e. The number of nitrogens with zero attached hydrogens (tertiary/aromatic N) is 1. The quantitative estimate of drug-likeness (QED) is 0.843. The van der Waals surface area contributed by atoms with Gasteiger partial charge in [0.05, 0.1) is 11.5 Å².